The molecule has 4 aromatic rings. The summed E-state index contributed by atoms with van der Waals surface area (Å²) in [7, 11) is 0. The number of aliphatic hydroxyl groups excluding tert-OH is 3. The summed E-state index contributed by atoms with van der Waals surface area (Å²) in [6.45, 7) is 0. The van der Waals surface area contributed by atoms with E-state index >= 15 is 0 Å². The summed E-state index contributed by atoms with van der Waals surface area (Å²) >= 11 is 0. The van der Waals surface area contributed by atoms with E-state index in [1.54, 1.807) is 36.4 Å². The second kappa shape index (κ2) is 10.7. The number of phenolic OH excluding ortho intramolecular Hbond substituents is 2. The highest BCUT2D eigenvalue weighted by Gasteiger charge is 2.48. The van der Waals surface area contributed by atoms with Gasteiger partial charge in [0.15, 0.2) is 17.8 Å². The normalized spacial score (nSPS) is 22.5. The first-order valence-corrected chi connectivity index (χ1v) is 11.9. The number of rotatable bonds is 6. The molecule has 0 amide bonds. The van der Waals surface area contributed by atoms with Gasteiger partial charge in [-0.25, -0.2) is 19.3 Å². The molecule has 0 aliphatic carbocycles. The van der Waals surface area contributed by atoms with E-state index in [-0.39, 0.29) is 28.7 Å². The van der Waals surface area contributed by atoms with Gasteiger partial charge >= 0.3 is 11.9 Å². The number of ether oxygens (including phenoxy) is 2. The molecule has 13 nitrogen and oxygen atoms in total. The zero-order valence-electron chi connectivity index (χ0n) is 20.5. The Bertz CT molecular complexity index is 1550. The molecule has 1 saturated heterocycles. The Hall–Kier alpha value is -4.82. The number of carbonyl (C=O) groups excluding carboxylic acids is 1. The third-order valence-corrected chi connectivity index (χ3v) is 6.28. The van der Waals surface area contributed by atoms with Crippen LogP contribution in [0.15, 0.2) is 72.8 Å². The number of carboxylic acids is 1. The summed E-state index contributed by atoms with van der Waals surface area (Å²) < 4.78 is 11.5. The smallest absolute Gasteiger partial charge is 0.340 e. The minimum Gasteiger partial charge on any atom is -0.507 e. The van der Waals surface area contributed by atoms with Gasteiger partial charge in [-0.1, -0.05) is 24.3 Å². The Labute approximate surface area is 225 Å². The molecule has 0 spiro atoms. The molecule has 13 heteroatoms. The predicted molar refractivity (Wildman–Crippen MR) is 135 cm³/mol. The number of aromatic nitrogens is 3. The van der Waals surface area contributed by atoms with E-state index in [4.69, 9.17) is 9.47 Å². The van der Waals surface area contributed by atoms with Gasteiger partial charge in [0.05, 0.1) is 22.4 Å². The topological polar surface area (TPSA) is 205 Å². The number of aliphatic carboxylic acids is 1. The van der Waals surface area contributed by atoms with E-state index in [1.807, 2.05) is 0 Å². The molecule has 206 valence electrons. The van der Waals surface area contributed by atoms with Gasteiger partial charge in [-0.3, -0.25) is 0 Å². The summed E-state index contributed by atoms with van der Waals surface area (Å²) in [5.74, 6) is -2.29. The van der Waals surface area contributed by atoms with Gasteiger partial charge in [0.2, 0.25) is 6.29 Å². The van der Waals surface area contributed by atoms with Gasteiger partial charge in [0.25, 0.3) is 0 Å². The monoisotopic (exact) mass is 549 g/mol. The van der Waals surface area contributed by atoms with Crippen LogP contribution in [-0.2, 0) is 14.3 Å². The lowest BCUT2D eigenvalue weighted by Gasteiger charge is -2.37. The van der Waals surface area contributed by atoms with E-state index in [0.29, 0.717) is 16.8 Å². The van der Waals surface area contributed by atoms with Crippen molar-refractivity contribution in [3.8, 4) is 40.0 Å². The van der Waals surface area contributed by atoms with Crippen LogP contribution >= 0.6 is 0 Å². The van der Waals surface area contributed by atoms with Crippen molar-refractivity contribution in [2.24, 2.45) is 0 Å². The molecule has 3 aromatic carbocycles. The van der Waals surface area contributed by atoms with Crippen molar-refractivity contribution in [2.45, 2.75) is 30.7 Å². The number of para-hydroxylation sites is 2. The molecule has 6 N–H and O–H groups in total. The summed E-state index contributed by atoms with van der Waals surface area (Å²) in [4.78, 5) is 28.6. The SMILES string of the molecule is O=C(OC1OC(C(=O)O)C(O)C(O)C1O)c1ccc(-n2nc(-c3ccccc3O)nc2-c2ccccc2O)cc1. The average Bonchev–Trinajstić information content (AvgIpc) is 3.38. The number of esters is 1. The highest BCUT2D eigenvalue weighted by molar-refractivity contribution is 5.89. The Kier molecular flexibility index (Phi) is 7.19. The fraction of sp³-hybridized carbons (Fsp3) is 0.185. The number of benzene rings is 3. The number of hydrogen-bond acceptors (Lipinski definition) is 11. The van der Waals surface area contributed by atoms with Crippen molar-refractivity contribution >= 4 is 11.9 Å². The molecule has 0 saturated carbocycles. The van der Waals surface area contributed by atoms with Crippen LogP contribution in [0.2, 0.25) is 0 Å². The van der Waals surface area contributed by atoms with Gasteiger partial charge in [-0.2, -0.15) is 0 Å². The first-order chi connectivity index (χ1) is 19.2. The van der Waals surface area contributed by atoms with Crippen LogP contribution in [0.4, 0.5) is 0 Å². The summed E-state index contributed by atoms with van der Waals surface area (Å²) in [5, 5.41) is 64.3. The number of aromatic hydroxyl groups is 2. The Balaban J connectivity index is 1.44. The molecule has 5 unspecified atom stereocenters. The van der Waals surface area contributed by atoms with Gasteiger partial charge in [-0.15, -0.1) is 5.10 Å². The molecule has 5 atom stereocenters. The van der Waals surface area contributed by atoms with Crippen LogP contribution in [0.25, 0.3) is 28.5 Å². The fourth-order valence-electron chi connectivity index (χ4n) is 4.17. The second-order valence-electron chi connectivity index (χ2n) is 8.89. The van der Waals surface area contributed by atoms with Crippen LogP contribution in [0.5, 0.6) is 11.5 Å². The van der Waals surface area contributed by atoms with Crippen LogP contribution in [0.3, 0.4) is 0 Å². The van der Waals surface area contributed by atoms with Crippen molar-refractivity contribution in [1.82, 2.24) is 14.8 Å². The number of carboxylic acid groups (broad SMARTS) is 1. The summed E-state index contributed by atoms with van der Waals surface area (Å²) in [5.41, 5.74) is 1.12. The molecular weight excluding hydrogens is 526 g/mol. The second-order valence-corrected chi connectivity index (χ2v) is 8.89. The number of aliphatic hydroxyl groups is 3. The van der Waals surface area contributed by atoms with Crippen LogP contribution in [0.1, 0.15) is 10.4 Å². The molecule has 1 fully saturated rings. The number of nitrogens with zero attached hydrogens (tertiary/aromatic N) is 3. The van der Waals surface area contributed by atoms with E-state index in [0.717, 1.165) is 0 Å². The number of carbonyl (C=O) groups is 2. The third-order valence-electron chi connectivity index (χ3n) is 6.28. The lowest BCUT2D eigenvalue weighted by Crippen LogP contribution is -2.60. The van der Waals surface area contributed by atoms with Gasteiger partial charge in [0, 0.05) is 0 Å². The Morgan fingerprint density at radius 3 is 2.00 bits per heavy atom. The van der Waals surface area contributed by atoms with Crippen LogP contribution in [0, 0.1) is 0 Å². The van der Waals surface area contributed by atoms with Crippen molar-refractivity contribution in [3.05, 3.63) is 78.4 Å². The van der Waals surface area contributed by atoms with Crippen molar-refractivity contribution < 1.29 is 49.7 Å². The van der Waals surface area contributed by atoms with Gasteiger partial charge in [-0.05, 0) is 48.5 Å². The van der Waals surface area contributed by atoms with Crippen molar-refractivity contribution in [1.29, 1.82) is 0 Å². The largest absolute Gasteiger partial charge is 0.507 e. The average molecular weight is 549 g/mol. The first-order valence-electron chi connectivity index (χ1n) is 11.9. The minimum absolute atomic E-state index is 0.0165. The highest BCUT2D eigenvalue weighted by Crippen LogP contribution is 2.33. The molecule has 1 aliphatic rings. The number of hydrogen-bond donors (Lipinski definition) is 6. The lowest BCUT2D eigenvalue weighted by molar-refractivity contribution is -0.278. The molecule has 5 rings (SSSR count). The fourth-order valence-corrected chi connectivity index (χ4v) is 4.17. The first kappa shape index (κ1) is 26.8. The highest BCUT2D eigenvalue weighted by atomic mass is 16.7. The van der Waals surface area contributed by atoms with E-state index in [2.05, 4.69) is 10.1 Å². The molecule has 0 bridgehead atoms. The van der Waals surface area contributed by atoms with Crippen LogP contribution in [-0.4, -0.2) is 88.0 Å². The van der Waals surface area contributed by atoms with Crippen molar-refractivity contribution in [2.75, 3.05) is 0 Å². The quantitative estimate of drug-likeness (QED) is 0.187. The summed E-state index contributed by atoms with van der Waals surface area (Å²) in [6, 6.07) is 18.7. The molecule has 0 radical (unpaired) electrons. The van der Waals surface area contributed by atoms with Crippen molar-refractivity contribution in [3.63, 3.8) is 0 Å². The molecule has 2 heterocycles. The standard InChI is InChI=1S/C27H23N3O10/c31-17-7-3-1-5-15(17)23-28-24(16-6-2-4-8-18(16)32)30(29-23)14-11-9-13(10-12-14)26(38)40-27-21(35)19(33)20(34)22(39-27)25(36)37/h1-12,19-22,27,31-35H,(H,36,37). The lowest BCUT2D eigenvalue weighted by atomic mass is 9.99. The van der Waals surface area contributed by atoms with E-state index in [9.17, 15) is 40.2 Å². The molecular formula is C27H23N3O10. The van der Waals surface area contributed by atoms with Gasteiger partial charge in [0.1, 0.15) is 29.8 Å². The van der Waals surface area contributed by atoms with Gasteiger partial charge < -0.3 is 40.1 Å². The zero-order valence-corrected chi connectivity index (χ0v) is 20.5. The zero-order chi connectivity index (χ0) is 28.6. The van der Waals surface area contributed by atoms with Crippen LogP contribution < -0.4 is 0 Å². The number of phenols is 2. The predicted octanol–water partition coefficient (Wildman–Crippen LogP) is 1.06. The third kappa shape index (κ3) is 4.97. The Morgan fingerprint density at radius 1 is 0.800 bits per heavy atom. The minimum atomic E-state index is -1.93. The van der Waals surface area contributed by atoms with E-state index < -0.39 is 42.6 Å². The molecule has 1 aromatic heterocycles. The maximum atomic E-state index is 12.7. The molecule has 40 heavy (non-hydrogen) atoms. The maximum Gasteiger partial charge on any atom is 0.340 e. The summed E-state index contributed by atoms with van der Waals surface area (Å²) in [6.07, 6.45) is -9.51. The molecule has 1 aliphatic heterocycles. The van der Waals surface area contributed by atoms with E-state index in [1.165, 1.54) is 41.1 Å². The maximum absolute atomic E-state index is 12.7. The Morgan fingerprint density at radius 2 is 1.40 bits per heavy atom.